The van der Waals surface area contributed by atoms with Crippen LogP contribution in [-0.2, 0) is 16.0 Å². The third-order valence-electron chi connectivity index (χ3n) is 7.78. The highest BCUT2D eigenvalue weighted by Crippen LogP contribution is 2.70. The van der Waals surface area contributed by atoms with Crippen molar-refractivity contribution in [3.05, 3.63) is 87.0 Å². The van der Waals surface area contributed by atoms with Crippen LogP contribution in [0.15, 0.2) is 65.1 Å². The highest BCUT2D eigenvalue weighted by atomic mass is 79.9. The van der Waals surface area contributed by atoms with Crippen molar-refractivity contribution in [2.45, 2.75) is 29.6 Å². The number of carbonyl (C=O) groups excluding carboxylic acids is 1. The largest absolute Gasteiger partial charge is 0.481 e. The number of benzene rings is 2. The van der Waals surface area contributed by atoms with Crippen LogP contribution in [0.25, 0.3) is 0 Å². The number of halogens is 2. The van der Waals surface area contributed by atoms with Gasteiger partial charge in [0, 0.05) is 29.5 Å². The van der Waals surface area contributed by atoms with Crippen molar-refractivity contribution in [2.75, 3.05) is 20.2 Å². The topological polar surface area (TPSA) is 92.1 Å². The number of likely N-dealkylation sites (tertiary alicyclic amines) is 1. The van der Waals surface area contributed by atoms with Crippen molar-refractivity contribution >= 4 is 33.4 Å². The summed E-state index contributed by atoms with van der Waals surface area (Å²) in [4.78, 5) is 19.9. The van der Waals surface area contributed by atoms with Crippen molar-refractivity contribution in [3.8, 4) is 11.6 Å². The number of aliphatic hydroxyl groups excluding tert-OH is 1. The van der Waals surface area contributed by atoms with E-state index in [1.54, 1.807) is 4.90 Å². The van der Waals surface area contributed by atoms with Crippen LogP contribution in [0.1, 0.15) is 29.0 Å². The van der Waals surface area contributed by atoms with Gasteiger partial charge in [-0.05, 0) is 29.7 Å². The molecule has 3 aliphatic rings. The molecule has 0 bridgehead atoms. The lowest BCUT2D eigenvalue weighted by molar-refractivity contribution is -0.158. The van der Waals surface area contributed by atoms with Crippen molar-refractivity contribution in [1.82, 2.24) is 9.88 Å². The number of aliphatic hydroxyl groups is 2. The minimum atomic E-state index is -2.06. The van der Waals surface area contributed by atoms with Crippen LogP contribution in [-0.4, -0.2) is 52.3 Å². The number of pyridine rings is 1. The molecule has 1 aromatic heterocycles. The zero-order valence-corrected chi connectivity index (χ0v) is 21.7. The Hall–Kier alpha value is -2.65. The van der Waals surface area contributed by atoms with Gasteiger partial charge in [-0.15, -0.1) is 0 Å². The van der Waals surface area contributed by atoms with Crippen molar-refractivity contribution in [3.63, 3.8) is 0 Å². The Morgan fingerprint density at radius 2 is 1.89 bits per heavy atom. The smallest absolute Gasteiger partial charge is 0.229 e. The first-order valence-electron chi connectivity index (χ1n) is 11.8. The lowest BCUT2D eigenvalue weighted by Gasteiger charge is -2.41. The zero-order chi connectivity index (χ0) is 25.2. The zero-order valence-electron chi connectivity index (χ0n) is 19.4. The Kier molecular flexibility index (Phi) is 5.57. The molecule has 2 aliphatic heterocycles. The molecule has 7 nitrogen and oxygen atoms in total. The number of amides is 1. The summed E-state index contributed by atoms with van der Waals surface area (Å²) in [6, 6.07) is 18.3. The van der Waals surface area contributed by atoms with Gasteiger partial charge in [0.2, 0.25) is 11.8 Å². The lowest BCUT2D eigenvalue weighted by Crippen LogP contribution is -2.52. The van der Waals surface area contributed by atoms with E-state index in [-0.39, 0.29) is 28.3 Å². The molecule has 0 unspecified atom stereocenters. The van der Waals surface area contributed by atoms with Gasteiger partial charge in [0.15, 0.2) is 11.2 Å². The summed E-state index contributed by atoms with van der Waals surface area (Å²) in [6.07, 6.45) is -0.611. The molecule has 2 N–H and O–H groups in total. The van der Waals surface area contributed by atoms with Gasteiger partial charge in [-0.3, -0.25) is 4.79 Å². The molecule has 186 valence electrons. The fourth-order valence-electron chi connectivity index (χ4n) is 6.13. The number of hydrogen-bond donors (Lipinski definition) is 2. The summed E-state index contributed by atoms with van der Waals surface area (Å²) in [6.45, 7) is 1.23. The van der Waals surface area contributed by atoms with Crippen molar-refractivity contribution in [2.24, 2.45) is 5.92 Å². The van der Waals surface area contributed by atoms with Crippen LogP contribution >= 0.6 is 27.5 Å². The number of methoxy groups -OCH3 is 1. The fourth-order valence-corrected chi connectivity index (χ4v) is 6.57. The Morgan fingerprint density at radius 3 is 2.50 bits per heavy atom. The molecule has 0 radical (unpaired) electrons. The molecule has 5 atom stereocenters. The Morgan fingerprint density at radius 1 is 1.19 bits per heavy atom. The standard InChI is InChI=1S/C27H24BrClN2O5/c1-35-24-22-18(14-19(29)30-24)36-27(16-8-10-17(28)11-9-16)21(15-6-3-2-4-7-15)20(23(32)26(22,27)34)25(33)31-12-5-13-31/h2-4,6-11,14,20-21,23,32,34H,5,12-13H2,1H3/t20-,21-,23-,26+,27+/m1/s1. The Balaban J connectivity index is 1.68. The predicted molar refractivity (Wildman–Crippen MR) is 136 cm³/mol. The molecular formula is C27H24BrClN2O5. The number of ether oxygens (including phenoxy) is 2. The second kappa shape index (κ2) is 8.45. The van der Waals surface area contributed by atoms with E-state index in [1.807, 2.05) is 54.6 Å². The van der Waals surface area contributed by atoms with Gasteiger partial charge >= 0.3 is 0 Å². The number of aromatic nitrogens is 1. The molecule has 3 heterocycles. The van der Waals surface area contributed by atoms with Crippen molar-refractivity contribution in [1.29, 1.82) is 0 Å². The molecule has 9 heteroatoms. The quantitative estimate of drug-likeness (QED) is 0.460. The number of nitrogens with zero attached hydrogens (tertiary/aromatic N) is 2. The van der Waals surface area contributed by atoms with E-state index in [2.05, 4.69) is 20.9 Å². The summed E-state index contributed by atoms with van der Waals surface area (Å²) >= 11 is 9.76. The second-order valence-corrected chi connectivity index (χ2v) is 10.8. The van der Waals surface area contributed by atoms with Crippen LogP contribution in [0, 0.1) is 5.92 Å². The van der Waals surface area contributed by atoms with Crippen molar-refractivity contribution < 1.29 is 24.5 Å². The maximum Gasteiger partial charge on any atom is 0.229 e. The van der Waals surface area contributed by atoms with Crippen LogP contribution in [0.3, 0.4) is 0 Å². The van der Waals surface area contributed by atoms with Crippen LogP contribution in [0.5, 0.6) is 11.6 Å². The van der Waals surface area contributed by atoms with E-state index in [0.29, 0.717) is 18.7 Å². The summed E-state index contributed by atoms with van der Waals surface area (Å²) in [5.41, 5.74) is -2.08. The van der Waals surface area contributed by atoms with E-state index < -0.39 is 29.1 Å². The molecule has 1 saturated carbocycles. The molecule has 6 rings (SSSR count). The molecule has 1 saturated heterocycles. The van der Waals surface area contributed by atoms with Gasteiger partial charge in [0.05, 0.1) is 18.6 Å². The van der Waals surface area contributed by atoms with E-state index in [0.717, 1.165) is 16.5 Å². The summed E-state index contributed by atoms with van der Waals surface area (Å²) in [5.74, 6) is -1.62. The highest BCUT2D eigenvalue weighted by molar-refractivity contribution is 9.10. The molecule has 36 heavy (non-hydrogen) atoms. The second-order valence-electron chi connectivity index (χ2n) is 9.48. The molecular weight excluding hydrogens is 548 g/mol. The van der Waals surface area contributed by atoms with Gasteiger partial charge < -0.3 is 24.6 Å². The average molecular weight is 572 g/mol. The fraction of sp³-hybridized carbons (Fsp3) is 0.333. The average Bonchev–Trinajstić information content (AvgIpc) is 3.21. The van der Waals surface area contributed by atoms with Gasteiger partial charge in [-0.2, -0.15) is 0 Å². The molecule has 0 spiro atoms. The number of fused-ring (bicyclic) bond motifs is 3. The van der Waals surface area contributed by atoms with E-state index >= 15 is 0 Å². The predicted octanol–water partition coefficient (Wildman–Crippen LogP) is 3.99. The van der Waals surface area contributed by atoms with Crippen LogP contribution in [0.2, 0.25) is 5.15 Å². The maximum atomic E-state index is 13.9. The van der Waals surface area contributed by atoms with E-state index in [1.165, 1.54) is 13.2 Å². The minimum absolute atomic E-state index is 0.0434. The first kappa shape index (κ1) is 23.7. The monoisotopic (exact) mass is 570 g/mol. The molecule has 2 aromatic carbocycles. The number of rotatable bonds is 4. The first-order chi connectivity index (χ1) is 17.3. The Labute approximate surface area is 221 Å². The maximum absolute atomic E-state index is 13.9. The normalized spacial score (nSPS) is 30.2. The molecule has 1 amide bonds. The van der Waals surface area contributed by atoms with Gasteiger partial charge in [0.25, 0.3) is 0 Å². The van der Waals surface area contributed by atoms with E-state index in [4.69, 9.17) is 21.1 Å². The summed E-state index contributed by atoms with van der Waals surface area (Å²) in [5, 5.41) is 24.9. The third kappa shape index (κ3) is 3.05. The minimum Gasteiger partial charge on any atom is -0.481 e. The van der Waals surface area contributed by atoms with Crippen LogP contribution < -0.4 is 9.47 Å². The molecule has 3 aromatic rings. The third-order valence-corrected chi connectivity index (χ3v) is 8.50. The first-order valence-corrected chi connectivity index (χ1v) is 12.9. The van der Waals surface area contributed by atoms with Crippen LogP contribution in [0.4, 0.5) is 0 Å². The number of hydrogen-bond acceptors (Lipinski definition) is 6. The summed E-state index contributed by atoms with van der Waals surface area (Å²) < 4.78 is 13.1. The summed E-state index contributed by atoms with van der Waals surface area (Å²) in [7, 11) is 1.42. The lowest BCUT2D eigenvalue weighted by atomic mass is 9.70. The van der Waals surface area contributed by atoms with Gasteiger partial charge in [-0.1, -0.05) is 70.0 Å². The molecule has 1 aliphatic carbocycles. The Bertz CT molecular complexity index is 1340. The van der Waals surface area contributed by atoms with Gasteiger partial charge in [-0.25, -0.2) is 4.98 Å². The van der Waals surface area contributed by atoms with E-state index in [9.17, 15) is 15.0 Å². The highest BCUT2D eigenvalue weighted by Gasteiger charge is 2.78. The number of carbonyl (C=O) groups is 1. The van der Waals surface area contributed by atoms with Gasteiger partial charge in [0.1, 0.15) is 17.0 Å². The molecule has 2 fully saturated rings. The SMILES string of the molecule is COc1nc(Cl)cc2c1[C@]1(O)[C@H](O)[C@H](C(=O)N3CCC3)[C@@H](c3ccccc3)[C@]1(c1ccc(Br)cc1)O2.